The lowest BCUT2D eigenvalue weighted by molar-refractivity contribution is -0.124. The largest absolute Gasteiger partial charge is 0.381 e. The fraction of sp³-hybridized carbons (Fsp3) is 0.333. The van der Waals surface area contributed by atoms with Crippen molar-refractivity contribution < 1.29 is 14.3 Å². The maximum absolute atomic E-state index is 12.5. The third kappa shape index (κ3) is 5.43. The molecule has 0 saturated carbocycles. The molecule has 1 aromatic heterocycles. The van der Waals surface area contributed by atoms with Crippen LogP contribution in [0.2, 0.25) is 5.02 Å². The van der Waals surface area contributed by atoms with Crippen molar-refractivity contribution in [3.8, 4) is 0 Å². The van der Waals surface area contributed by atoms with E-state index in [1.165, 1.54) is 0 Å². The maximum Gasteiger partial charge on any atom is 0.253 e. The smallest absolute Gasteiger partial charge is 0.253 e. The first kappa shape index (κ1) is 21.7. The Morgan fingerprint density at radius 2 is 2.00 bits per heavy atom. The van der Waals surface area contributed by atoms with Crippen molar-refractivity contribution in [1.82, 2.24) is 5.32 Å². The minimum Gasteiger partial charge on any atom is -0.381 e. The summed E-state index contributed by atoms with van der Waals surface area (Å²) in [6.07, 6.45) is 0.918. The zero-order chi connectivity index (χ0) is 18.6. The summed E-state index contributed by atoms with van der Waals surface area (Å²) in [5.41, 5.74) is 6.01. The van der Waals surface area contributed by atoms with Crippen molar-refractivity contribution in [2.24, 2.45) is 5.73 Å². The van der Waals surface area contributed by atoms with Gasteiger partial charge in [-0.3, -0.25) is 9.59 Å². The minimum absolute atomic E-state index is 0. The molecular weight excluding hydrogens is 409 g/mol. The van der Waals surface area contributed by atoms with E-state index in [0.717, 1.165) is 4.88 Å². The zero-order valence-electron chi connectivity index (χ0n) is 14.5. The number of amides is 2. The number of hydrogen-bond acceptors (Lipinski definition) is 5. The van der Waals surface area contributed by atoms with E-state index in [0.29, 0.717) is 48.9 Å². The van der Waals surface area contributed by atoms with E-state index in [9.17, 15) is 9.59 Å². The van der Waals surface area contributed by atoms with Crippen molar-refractivity contribution in [1.29, 1.82) is 0 Å². The first-order valence-electron chi connectivity index (χ1n) is 8.26. The number of halogens is 2. The number of benzene rings is 1. The van der Waals surface area contributed by atoms with Crippen LogP contribution < -0.4 is 16.4 Å². The lowest BCUT2D eigenvalue weighted by atomic mass is 9.90. The molecule has 0 atom stereocenters. The molecule has 1 aliphatic rings. The summed E-state index contributed by atoms with van der Waals surface area (Å²) in [6.45, 7) is 1.34. The SMILES string of the molecule is Cl.NC1(C(=O)Nc2ccc(Cl)c(C(=O)NCc3cccs3)c2)CCOCC1. The minimum atomic E-state index is -0.959. The highest BCUT2D eigenvalue weighted by Gasteiger charge is 2.36. The molecule has 0 aliphatic carbocycles. The Balaban J connectivity index is 0.00000261. The van der Waals surface area contributed by atoms with E-state index in [1.54, 1.807) is 29.5 Å². The van der Waals surface area contributed by atoms with Crippen molar-refractivity contribution in [2.45, 2.75) is 24.9 Å². The first-order chi connectivity index (χ1) is 12.5. The number of hydrogen-bond donors (Lipinski definition) is 3. The summed E-state index contributed by atoms with van der Waals surface area (Å²) < 4.78 is 5.26. The van der Waals surface area contributed by atoms with Gasteiger partial charge in [-0.1, -0.05) is 17.7 Å². The molecule has 6 nitrogen and oxygen atoms in total. The molecule has 2 aromatic rings. The van der Waals surface area contributed by atoms with E-state index >= 15 is 0 Å². The topological polar surface area (TPSA) is 93.5 Å². The molecule has 0 radical (unpaired) electrons. The van der Waals surface area contributed by atoms with Crippen molar-refractivity contribution >= 4 is 52.8 Å². The number of rotatable bonds is 5. The Bertz CT molecular complexity index is 793. The monoisotopic (exact) mass is 429 g/mol. The molecule has 0 spiro atoms. The fourth-order valence-corrected chi connectivity index (χ4v) is 3.52. The van der Waals surface area contributed by atoms with Crippen LogP contribution in [0.1, 0.15) is 28.1 Å². The summed E-state index contributed by atoms with van der Waals surface area (Å²) >= 11 is 7.71. The van der Waals surface area contributed by atoms with Crippen LogP contribution in [0.4, 0.5) is 5.69 Å². The molecule has 0 bridgehead atoms. The summed E-state index contributed by atoms with van der Waals surface area (Å²) in [4.78, 5) is 26.0. The Morgan fingerprint density at radius 3 is 2.67 bits per heavy atom. The molecule has 1 fully saturated rings. The molecular formula is C18H21Cl2N3O3S. The van der Waals surface area contributed by atoms with Gasteiger partial charge in [0.1, 0.15) is 5.54 Å². The Morgan fingerprint density at radius 1 is 1.26 bits per heavy atom. The van der Waals surface area contributed by atoms with Crippen LogP contribution in [0.25, 0.3) is 0 Å². The summed E-state index contributed by atoms with van der Waals surface area (Å²) in [6, 6.07) is 8.67. The van der Waals surface area contributed by atoms with Crippen LogP contribution >= 0.6 is 35.3 Å². The second-order valence-corrected chi connectivity index (χ2v) is 7.62. The van der Waals surface area contributed by atoms with Gasteiger partial charge in [0.05, 0.1) is 17.1 Å². The van der Waals surface area contributed by atoms with Crippen LogP contribution in [-0.2, 0) is 16.1 Å². The second kappa shape index (κ2) is 9.52. The molecule has 0 unspecified atom stereocenters. The van der Waals surface area contributed by atoms with Crippen LogP contribution in [0.5, 0.6) is 0 Å². The predicted octanol–water partition coefficient (Wildman–Crippen LogP) is 3.20. The fourth-order valence-electron chi connectivity index (χ4n) is 2.67. The third-order valence-corrected chi connectivity index (χ3v) is 5.52. The Hall–Kier alpha value is -1.64. The van der Waals surface area contributed by atoms with Crippen molar-refractivity contribution in [2.75, 3.05) is 18.5 Å². The lowest BCUT2D eigenvalue weighted by Gasteiger charge is -2.31. The van der Waals surface area contributed by atoms with Crippen LogP contribution in [-0.4, -0.2) is 30.6 Å². The average molecular weight is 430 g/mol. The van der Waals surface area contributed by atoms with E-state index in [-0.39, 0.29) is 24.2 Å². The Kier molecular flexibility index (Phi) is 7.64. The number of anilines is 1. The molecule has 4 N–H and O–H groups in total. The number of nitrogens with two attached hydrogens (primary N) is 1. The van der Waals surface area contributed by atoms with Crippen LogP contribution in [0.15, 0.2) is 35.7 Å². The normalized spacial score (nSPS) is 15.5. The quantitative estimate of drug-likeness (QED) is 0.679. The zero-order valence-corrected chi connectivity index (χ0v) is 16.9. The van der Waals surface area contributed by atoms with Gasteiger partial charge in [0.25, 0.3) is 5.91 Å². The standard InChI is InChI=1S/C18H20ClN3O3S.ClH/c19-15-4-3-12(22-17(24)18(20)5-7-25-8-6-18)10-14(15)16(23)21-11-13-2-1-9-26-13;/h1-4,9-10H,5-8,11,20H2,(H,21,23)(H,22,24);1H. The molecule has 1 aliphatic heterocycles. The number of nitrogens with one attached hydrogen (secondary N) is 2. The van der Waals surface area contributed by atoms with E-state index < -0.39 is 5.54 Å². The van der Waals surface area contributed by atoms with Gasteiger partial charge in [-0.2, -0.15) is 0 Å². The highest BCUT2D eigenvalue weighted by molar-refractivity contribution is 7.09. The first-order valence-corrected chi connectivity index (χ1v) is 9.52. The van der Waals surface area contributed by atoms with Gasteiger partial charge >= 0.3 is 0 Å². The number of carbonyl (C=O) groups is 2. The third-order valence-electron chi connectivity index (χ3n) is 4.31. The van der Waals surface area contributed by atoms with Gasteiger partial charge in [0.2, 0.25) is 5.91 Å². The summed E-state index contributed by atoms with van der Waals surface area (Å²) in [7, 11) is 0. The molecule has 146 valence electrons. The molecule has 1 saturated heterocycles. The van der Waals surface area contributed by atoms with E-state index in [4.69, 9.17) is 22.1 Å². The molecule has 1 aromatic carbocycles. The van der Waals surface area contributed by atoms with Gasteiger partial charge in [0, 0.05) is 23.8 Å². The van der Waals surface area contributed by atoms with Crippen molar-refractivity contribution in [3.63, 3.8) is 0 Å². The molecule has 3 rings (SSSR count). The van der Waals surface area contributed by atoms with Crippen LogP contribution in [0.3, 0.4) is 0 Å². The Labute approximate surface area is 172 Å². The molecule has 9 heteroatoms. The van der Waals surface area contributed by atoms with Gasteiger partial charge in [-0.05, 0) is 42.5 Å². The highest BCUT2D eigenvalue weighted by Crippen LogP contribution is 2.24. The van der Waals surface area contributed by atoms with Gasteiger partial charge in [-0.25, -0.2) is 0 Å². The number of ether oxygens (including phenoxy) is 1. The maximum atomic E-state index is 12.5. The van der Waals surface area contributed by atoms with Gasteiger partial charge < -0.3 is 21.1 Å². The molecule has 2 heterocycles. The van der Waals surface area contributed by atoms with Crippen LogP contribution in [0, 0.1) is 0 Å². The number of carbonyl (C=O) groups excluding carboxylic acids is 2. The lowest BCUT2D eigenvalue weighted by Crippen LogP contribution is -2.54. The van der Waals surface area contributed by atoms with Crippen molar-refractivity contribution in [3.05, 3.63) is 51.2 Å². The molecule has 27 heavy (non-hydrogen) atoms. The second-order valence-electron chi connectivity index (χ2n) is 6.18. The summed E-state index contributed by atoms with van der Waals surface area (Å²) in [5, 5.41) is 7.88. The average Bonchev–Trinajstić information content (AvgIpc) is 3.15. The number of thiophene rings is 1. The predicted molar refractivity (Wildman–Crippen MR) is 110 cm³/mol. The molecule has 2 amide bonds. The van der Waals surface area contributed by atoms with E-state index in [1.807, 2.05) is 17.5 Å². The highest BCUT2D eigenvalue weighted by atomic mass is 35.5. The summed E-state index contributed by atoms with van der Waals surface area (Å²) in [5.74, 6) is -0.582. The van der Waals surface area contributed by atoms with Gasteiger partial charge in [-0.15, -0.1) is 23.7 Å². The van der Waals surface area contributed by atoms with E-state index in [2.05, 4.69) is 10.6 Å². The van der Waals surface area contributed by atoms with Gasteiger partial charge in [0.15, 0.2) is 0 Å².